The number of rotatable bonds is 7. The molecule has 40 heavy (non-hydrogen) atoms. The molecule has 4 aliphatic rings. The zero-order chi connectivity index (χ0) is 28.0. The van der Waals surface area contributed by atoms with Gasteiger partial charge < -0.3 is 9.30 Å². The van der Waals surface area contributed by atoms with Crippen LogP contribution >= 0.6 is 0 Å². The second-order valence-corrected chi connectivity index (χ2v) is 11.9. The molecule has 0 radical (unpaired) electrons. The predicted octanol–water partition coefficient (Wildman–Crippen LogP) is 5.05. The van der Waals surface area contributed by atoms with Crippen molar-refractivity contribution >= 4 is 11.0 Å². The monoisotopic (exact) mass is 551 g/mol. The molecular weight excluding hydrogens is 523 g/mol. The van der Waals surface area contributed by atoms with E-state index in [0.29, 0.717) is 60.5 Å². The summed E-state index contributed by atoms with van der Waals surface area (Å²) in [5, 5.41) is 0.721. The average Bonchev–Trinajstić information content (AvgIpc) is 3.62. The molecule has 9 nitrogen and oxygen atoms in total. The first-order valence-electron chi connectivity index (χ1n) is 13.4. The summed E-state index contributed by atoms with van der Waals surface area (Å²) >= 11 is 0. The smallest absolute Gasteiger partial charge is 0.434 e. The number of hydrogen-bond acceptors (Lipinski definition) is 7. The number of nitrogens with zero attached hydrogens (tertiary/aromatic N) is 7. The molecule has 4 saturated carbocycles. The maximum Gasteiger partial charge on any atom is 0.434 e. The van der Waals surface area contributed by atoms with Crippen LogP contribution in [0.4, 0.5) is 13.2 Å². The molecule has 12 heteroatoms. The van der Waals surface area contributed by atoms with Crippen molar-refractivity contribution in [3.63, 3.8) is 0 Å². The molecule has 4 aliphatic carbocycles. The zero-order valence-electron chi connectivity index (χ0n) is 22.4. The van der Waals surface area contributed by atoms with E-state index in [-0.39, 0.29) is 17.0 Å². The molecule has 208 valence electrons. The highest BCUT2D eigenvalue weighted by Crippen LogP contribution is 2.74. The van der Waals surface area contributed by atoms with Gasteiger partial charge in [0, 0.05) is 47.8 Å². The van der Waals surface area contributed by atoms with E-state index in [0.717, 1.165) is 30.1 Å². The van der Waals surface area contributed by atoms with E-state index in [1.54, 1.807) is 28.5 Å². The Hall–Kier alpha value is -3.83. The first kappa shape index (κ1) is 25.2. The number of halogens is 3. The third kappa shape index (κ3) is 3.75. The standard InChI is InChI=1S/C28H28F3N7O2/c1-15(2)37-9-18(28(29,30)31)35-25(37)27-10-26(11-27,12-27)13-38-19(39)7-6-17-8-32-22(36-23(17)38)20-21(16-4-5-16)33-14-34-24(20)40-3/h6-9,14-16H,4-5,10-13H2,1-3H3. The molecule has 0 N–H and O–H groups in total. The van der Waals surface area contributed by atoms with Crippen molar-refractivity contribution in [2.24, 2.45) is 5.41 Å². The van der Waals surface area contributed by atoms with Gasteiger partial charge in [0.15, 0.2) is 11.5 Å². The van der Waals surface area contributed by atoms with Gasteiger partial charge in [0.25, 0.3) is 5.56 Å². The van der Waals surface area contributed by atoms with E-state index in [4.69, 9.17) is 9.72 Å². The van der Waals surface area contributed by atoms with Crippen molar-refractivity contribution in [3.8, 4) is 17.3 Å². The van der Waals surface area contributed by atoms with Crippen LogP contribution in [0.2, 0.25) is 0 Å². The lowest BCUT2D eigenvalue weighted by atomic mass is 9.34. The molecule has 4 fully saturated rings. The number of imidazole rings is 1. The van der Waals surface area contributed by atoms with E-state index in [1.165, 1.54) is 12.4 Å². The quantitative estimate of drug-likeness (QED) is 0.317. The summed E-state index contributed by atoms with van der Waals surface area (Å²) in [7, 11) is 1.54. The summed E-state index contributed by atoms with van der Waals surface area (Å²) < 4.78 is 49.2. The van der Waals surface area contributed by atoms with Gasteiger partial charge in [0.1, 0.15) is 23.4 Å². The summed E-state index contributed by atoms with van der Waals surface area (Å²) in [6.07, 6.45) is 3.88. The Morgan fingerprint density at radius 3 is 2.50 bits per heavy atom. The fraction of sp³-hybridized carbons (Fsp3) is 0.500. The van der Waals surface area contributed by atoms with Crippen LogP contribution in [0.25, 0.3) is 22.4 Å². The predicted molar refractivity (Wildman–Crippen MR) is 139 cm³/mol. The Balaban J connectivity index is 1.23. The molecule has 0 saturated heterocycles. The highest BCUT2D eigenvalue weighted by atomic mass is 19.4. The molecule has 0 atom stereocenters. The summed E-state index contributed by atoms with van der Waals surface area (Å²) in [4.78, 5) is 35.4. The highest BCUT2D eigenvalue weighted by Gasteiger charge is 2.70. The Morgan fingerprint density at radius 2 is 1.85 bits per heavy atom. The van der Waals surface area contributed by atoms with E-state index >= 15 is 0 Å². The maximum absolute atomic E-state index is 13.5. The maximum atomic E-state index is 13.5. The second kappa shape index (κ2) is 8.34. The second-order valence-electron chi connectivity index (χ2n) is 11.9. The van der Waals surface area contributed by atoms with Crippen LogP contribution in [0.3, 0.4) is 0 Å². The van der Waals surface area contributed by atoms with Gasteiger partial charge >= 0.3 is 6.18 Å². The van der Waals surface area contributed by atoms with Gasteiger partial charge in [0.05, 0.1) is 12.8 Å². The van der Waals surface area contributed by atoms with Gasteiger partial charge in [-0.25, -0.2) is 24.9 Å². The SMILES string of the molecule is COc1ncnc(C2CC2)c1-c1ncc2ccc(=O)n(CC34CC(c5nc(C(F)(F)F)cn5C(C)C)(C3)C4)c2n1. The van der Waals surface area contributed by atoms with Crippen LogP contribution in [0, 0.1) is 5.41 Å². The van der Waals surface area contributed by atoms with Crippen LogP contribution in [0.1, 0.15) is 75.1 Å². The number of aromatic nitrogens is 7. The molecule has 4 heterocycles. The minimum absolute atomic E-state index is 0.140. The Kier molecular flexibility index (Phi) is 5.25. The van der Waals surface area contributed by atoms with Crippen LogP contribution in [0.5, 0.6) is 5.88 Å². The summed E-state index contributed by atoms with van der Waals surface area (Å²) in [6.45, 7) is 4.15. The fourth-order valence-electron chi connectivity index (χ4n) is 6.81. The molecule has 4 aromatic rings. The van der Waals surface area contributed by atoms with Gasteiger partial charge in [-0.3, -0.25) is 9.36 Å². The molecule has 2 bridgehead atoms. The summed E-state index contributed by atoms with van der Waals surface area (Å²) in [5.41, 5.74) is 0.372. The zero-order valence-corrected chi connectivity index (χ0v) is 22.4. The van der Waals surface area contributed by atoms with E-state index in [9.17, 15) is 18.0 Å². The number of hydrogen-bond donors (Lipinski definition) is 0. The van der Waals surface area contributed by atoms with Crippen molar-refractivity contribution in [1.82, 2.24) is 34.1 Å². The molecule has 4 aromatic heterocycles. The van der Waals surface area contributed by atoms with Gasteiger partial charge in [-0.2, -0.15) is 13.2 Å². The molecule has 8 rings (SSSR count). The topological polar surface area (TPSA) is 101 Å². The van der Waals surface area contributed by atoms with Crippen molar-refractivity contribution in [2.75, 3.05) is 7.11 Å². The van der Waals surface area contributed by atoms with E-state index in [2.05, 4.69) is 19.9 Å². The first-order valence-corrected chi connectivity index (χ1v) is 13.4. The van der Waals surface area contributed by atoms with Gasteiger partial charge in [-0.1, -0.05) is 0 Å². The lowest BCUT2D eigenvalue weighted by Gasteiger charge is -2.70. The first-order chi connectivity index (χ1) is 19.0. The Morgan fingerprint density at radius 1 is 1.10 bits per heavy atom. The summed E-state index contributed by atoms with van der Waals surface area (Å²) in [6, 6.07) is 3.08. The van der Waals surface area contributed by atoms with Crippen LogP contribution in [-0.4, -0.2) is 41.2 Å². The summed E-state index contributed by atoms with van der Waals surface area (Å²) in [5.74, 6) is 1.59. The Bertz CT molecular complexity index is 1700. The number of ether oxygens (including phenoxy) is 1. The third-order valence-electron chi connectivity index (χ3n) is 8.63. The molecule has 0 spiro atoms. The number of methoxy groups -OCH3 is 1. The van der Waals surface area contributed by atoms with Gasteiger partial charge in [-0.05, 0) is 57.4 Å². The van der Waals surface area contributed by atoms with E-state index < -0.39 is 17.3 Å². The number of fused-ring (bicyclic) bond motifs is 1. The third-order valence-corrected chi connectivity index (χ3v) is 8.63. The molecule has 0 unspecified atom stereocenters. The Labute approximate surface area is 227 Å². The molecular formula is C28H28F3N7O2. The van der Waals surface area contributed by atoms with Crippen molar-refractivity contribution < 1.29 is 17.9 Å². The minimum Gasteiger partial charge on any atom is -0.480 e. The van der Waals surface area contributed by atoms with Crippen molar-refractivity contribution in [1.29, 1.82) is 0 Å². The molecule has 0 amide bonds. The highest BCUT2D eigenvalue weighted by molar-refractivity contribution is 5.78. The normalized spacial score (nSPS) is 23.8. The average molecular weight is 552 g/mol. The van der Waals surface area contributed by atoms with Gasteiger partial charge in [0.2, 0.25) is 5.88 Å². The van der Waals surface area contributed by atoms with Gasteiger partial charge in [-0.15, -0.1) is 0 Å². The fourth-order valence-corrected chi connectivity index (χ4v) is 6.81. The lowest BCUT2D eigenvalue weighted by Crippen LogP contribution is -2.67. The number of alkyl halides is 3. The van der Waals surface area contributed by atoms with Crippen molar-refractivity contribution in [3.05, 3.63) is 58.4 Å². The lowest BCUT2D eigenvalue weighted by molar-refractivity contribution is -0.159. The molecule has 0 aliphatic heterocycles. The van der Waals surface area contributed by atoms with Crippen LogP contribution < -0.4 is 10.3 Å². The van der Waals surface area contributed by atoms with Crippen LogP contribution in [-0.2, 0) is 18.1 Å². The van der Waals surface area contributed by atoms with Crippen molar-refractivity contribution in [2.45, 2.75) is 76.0 Å². The minimum atomic E-state index is -4.49. The largest absolute Gasteiger partial charge is 0.480 e. The van der Waals surface area contributed by atoms with Crippen LogP contribution in [0.15, 0.2) is 35.6 Å². The molecule has 0 aromatic carbocycles. The number of pyridine rings is 1. The van der Waals surface area contributed by atoms with E-state index in [1.807, 2.05) is 13.8 Å².